The van der Waals surface area contributed by atoms with Gasteiger partial charge in [-0.15, -0.1) is 0 Å². The number of carbonyl (C=O) groups is 2. The first-order chi connectivity index (χ1) is 14.2. The van der Waals surface area contributed by atoms with E-state index in [0.717, 1.165) is 27.6 Å². The fourth-order valence-electron chi connectivity index (χ4n) is 4.93. The Kier molecular flexibility index (Phi) is 3.29. The van der Waals surface area contributed by atoms with Crippen molar-refractivity contribution in [3.8, 4) is 0 Å². The molecule has 0 unspecified atom stereocenters. The van der Waals surface area contributed by atoms with E-state index < -0.39 is 0 Å². The Morgan fingerprint density at radius 1 is 0.828 bits per heavy atom. The summed E-state index contributed by atoms with van der Waals surface area (Å²) in [5.41, 5.74) is 4.14. The molecule has 4 aromatic rings. The van der Waals surface area contributed by atoms with Crippen molar-refractivity contribution in [2.75, 3.05) is 0 Å². The van der Waals surface area contributed by atoms with Gasteiger partial charge in [0.1, 0.15) is 0 Å². The highest BCUT2D eigenvalue weighted by Gasteiger charge is 2.47. The molecule has 3 aromatic carbocycles. The maximum atomic E-state index is 13.2. The summed E-state index contributed by atoms with van der Waals surface area (Å²) in [6.45, 7) is 0. The van der Waals surface area contributed by atoms with Crippen molar-refractivity contribution in [3.05, 3.63) is 101 Å². The van der Waals surface area contributed by atoms with Gasteiger partial charge in [-0.2, -0.15) is 5.10 Å². The molecule has 1 aromatic heterocycles. The minimum Gasteiger partial charge on any atom is -0.282 e. The number of nitrogens with one attached hydrogen (secondary N) is 1. The zero-order chi connectivity index (χ0) is 19.5. The van der Waals surface area contributed by atoms with Crippen LogP contribution in [0.1, 0.15) is 43.5 Å². The summed E-state index contributed by atoms with van der Waals surface area (Å²) in [4.78, 5) is 27.8. The van der Waals surface area contributed by atoms with E-state index in [2.05, 4.69) is 34.5 Å². The SMILES string of the molecule is O=C1c2ccccc2C(=O)N1[C@H]1Cc2[nH]ncc2[C@@H]1c1cccc2ccccc12. The van der Waals surface area contributed by atoms with Gasteiger partial charge in [0.15, 0.2) is 0 Å². The second-order valence-electron chi connectivity index (χ2n) is 7.65. The van der Waals surface area contributed by atoms with Crippen LogP contribution >= 0.6 is 0 Å². The van der Waals surface area contributed by atoms with Gasteiger partial charge in [-0.3, -0.25) is 19.6 Å². The van der Waals surface area contributed by atoms with Gasteiger partial charge in [-0.25, -0.2) is 0 Å². The van der Waals surface area contributed by atoms with Crippen molar-refractivity contribution >= 4 is 22.6 Å². The Labute approximate surface area is 167 Å². The minimum absolute atomic E-state index is 0.114. The number of rotatable bonds is 2. The van der Waals surface area contributed by atoms with Gasteiger partial charge in [0, 0.05) is 23.6 Å². The quantitative estimate of drug-likeness (QED) is 0.537. The molecule has 1 aliphatic carbocycles. The summed E-state index contributed by atoms with van der Waals surface area (Å²) in [6.07, 6.45) is 2.41. The Bertz CT molecular complexity index is 1270. The first kappa shape index (κ1) is 16.2. The van der Waals surface area contributed by atoms with Crippen LogP contribution in [0.25, 0.3) is 10.8 Å². The highest BCUT2D eigenvalue weighted by atomic mass is 16.2. The van der Waals surface area contributed by atoms with Crippen LogP contribution in [0.4, 0.5) is 0 Å². The van der Waals surface area contributed by atoms with Gasteiger partial charge < -0.3 is 0 Å². The molecular formula is C24H17N3O2. The van der Waals surface area contributed by atoms with E-state index in [1.165, 1.54) is 4.90 Å². The van der Waals surface area contributed by atoms with E-state index in [-0.39, 0.29) is 23.8 Å². The average Bonchev–Trinajstić information content (AvgIpc) is 3.41. The molecule has 0 bridgehead atoms. The molecule has 2 atom stereocenters. The van der Waals surface area contributed by atoms with Crippen LogP contribution < -0.4 is 0 Å². The van der Waals surface area contributed by atoms with E-state index >= 15 is 0 Å². The molecule has 5 heteroatoms. The monoisotopic (exact) mass is 379 g/mol. The summed E-state index contributed by atoms with van der Waals surface area (Å²) in [5, 5.41) is 9.57. The van der Waals surface area contributed by atoms with Crippen molar-refractivity contribution < 1.29 is 9.59 Å². The molecule has 6 rings (SSSR count). The first-order valence-corrected chi connectivity index (χ1v) is 9.71. The number of nitrogens with zero attached hydrogens (tertiary/aromatic N) is 2. The zero-order valence-corrected chi connectivity index (χ0v) is 15.5. The summed E-state index contributed by atoms with van der Waals surface area (Å²) >= 11 is 0. The van der Waals surface area contributed by atoms with Crippen molar-refractivity contribution in [1.29, 1.82) is 0 Å². The molecule has 1 N–H and O–H groups in total. The largest absolute Gasteiger partial charge is 0.282 e. The fourth-order valence-corrected chi connectivity index (χ4v) is 4.93. The van der Waals surface area contributed by atoms with Crippen LogP contribution in [0.5, 0.6) is 0 Å². The smallest absolute Gasteiger partial charge is 0.261 e. The lowest BCUT2D eigenvalue weighted by Crippen LogP contribution is -2.42. The molecule has 140 valence electrons. The van der Waals surface area contributed by atoms with Crippen LogP contribution in [0, 0.1) is 0 Å². The van der Waals surface area contributed by atoms with Crippen molar-refractivity contribution in [2.45, 2.75) is 18.4 Å². The predicted octanol–water partition coefficient (Wildman–Crippen LogP) is 3.92. The maximum absolute atomic E-state index is 13.2. The molecule has 0 spiro atoms. The standard InChI is InChI=1S/C24H17N3O2/c28-23-17-9-3-4-10-18(17)24(29)27(23)21-12-20-19(13-25-26-20)22(21)16-11-5-7-14-6-1-2-8-15(14)16/h1-11,13,21-22H,12H2,(H,25,26)/t21-,22-/m0/s1. The zero-order valence-electron chi connectivity index (χ0n) is 15.5. The third kappa shape index (κ3) is 2.18. The molecule has 0 saturated heterocycles. The second kappa shape index (κ2) is 5.88. The molecule has 2 aliphatic rings. The highest BCUT2D eigenvalue weighted by Crippen LogP contribution is 2.44. The van der Waals surface area contributed by atoms with Gasteiger partial charge in [0.2, 0.25) is 0 Å². The number of hydrogen-bond acceptors (Lipinski definition) is 3. The number of aromatic nitrogens is 2. The molecule has 2 heterocycles. The predicted molar refractivity (Wildman–Crippen MR) is 109 cm³/mol. The molecule has 0 saturated carbocycles. The molecule has 0 fully saturated rings. The lowest BCUT2D eigenvalue weighted by atomic mass is 9.87. The summed E-state index contributed by atoms with van der Waals surface area (Å²) in [6, 6.07) is 21.2. The number of fused-ring (bicyclic) bond motifs is 3. The van der Waals surface area contributed by atoms with Gasteiger partial charge in [0.25, 0.3) is 11.8 Å². The third-order valence-corrected chi connectivity index (χ3v) is 6.20. The van der Waals surface area contributed by atoms with E-state index in [0.29, 0.717) is 17.5 Å². The average molecular weight is 379 g/mol. The molecule has 29 heavy (non-hydrogen) atoms. The maximum Gasteiger partial charge on any atom is 0.261 e. The van der Waals surface area contributed by atoms with E-state index in [1.807, 2.05) is 24.4 Å². The minimum atomic E-state index is -0.280. The van der Waals surface area contributed by atoms with Crippen molar-refractivity contribution in [3.63, 3.8) is 0 Å². The van der Waals surface area contributed by atoms with Crippen molar-refractivity contribution in [2.24, 2.45) is 0 Å². The normalized spacial score (nSPS) is 20.3. The van der Waals surface area contributed by atoms with Crippen LogP contribution in [0.15, 0.2) is 72.9 Å². The third-order valence-electron chi connectivity index (χ3n) is 6.20. The van der Waals surface area contributed by atoms with Crippen LogP contribution in [-0.4, -0.2) is 33.0 Å². The van der Waals surface area contributed by atoms with Gasteiger partial charge in [-0.1, -0.05) is 54.6 Å². The number of amides is 2. The van der Waals surface area contributed by atoms with E-state index in [9.17, 15) is 9.59 Å². The molecule has 2 amide bonds. The molecular weight excluding hydrogens is 362 g/mol. The topological polar surface area (TPSA) is 66.1 Å². The number of imide groups is 1. The number of hydrogen-bond donors (Lipinski definition) is 1. The number of benzene rings is 3. The molecule has 5 nitrogen and oxygen atoms in total. The summed E-state index contributed by atoms with van der Waals surface area (Å²) < 4.78 is 0. The Balaban J connectivity index is 1.53. The lowest BCUT2D eigenvalue weighted by molar-refractivity contribution is 0.0578. The number of aromatic amines is 1. The van der Waals surface area contributed by atoms with Gasteiger partial charge in [0.05, 0.1) is 23.4 Å². The fraction of sp³-hybridized carbons (Fsp3) is 0.125. The number of carbonyl (C=O) groups excluding carboxylic acids is 2. The first-order valence-electron chi connectivity index (χ1n) is 9.71. The Morgan fingerprint density at radius 2 is 1.52 bits per heavy atom. The lowest BCUT2D eigenvalue weighted by Gasteiger charge is -2.29. The summed E-state index contributed by atoms with van der Waals surface area (Å²) in [5.74, 6) is -0.532. The molecule has 1 aliphatic heterocycles. The van der Waals surface area contributed by atoms with Gasteiger partial charge in [-0.05, 0) is 28.5 Å². The Morgan fingerprint density at radius 3 is 2.31 bits per heavy atom. The van der Waals surface area contributed by atoms with E-state index in [1.54, 1.807) is 24.3 Å². The van der Waals surface area contributed by atoms with E-state index in [4.69, 9.17) is 0 Å². The molecule has 0 radical (unpaired) electrons. The highest BCUT2D eigenvalue weighted by molar-refractivity contribution is 6.21. The summed E-state index contributed by atoms with van der Waals surface area (Å²) in [7, 11) is 0. The Hall–Kier alpha value is -3.73. The number of H-pyrrole nitrogens is 1. The van der Waals surface area contributed by atoms with Crippen LogP contribution in [0.2, 0.25) is 0 Å². The van der Waals surface area contributed by atoms with Crippen LogP contribution in [-0.2, 0) is 6.42 Å². The van der Waals surface area contributed by atoms with Gasteiger partial charge >= 0.3 is 0 Å². The van der Waals surface area contributed by atoms with Crippen molar-refractivity contribution in [1.82, 2.24) is 15.1 Å². The van der Waals surface area contributed by atoms with Crippen LogP contribution in [0.3, 0.4) is 0 Å². The second-order valence-corrected chi connectivity index (χ2v) is 7.65.